The zero-order valence-corrected chi connectivity index (χ0v) is 7.66. The SMILES string of the molecule is CCCCCOc1ccnc(F)n1. The summed E-state index contributed by atoms with van der Waals surface area (Å²) in [6.45, 7) is 2.70. The minimum absolute atomic E-state index is 0.309. The van der Waals surface area contributed by atoms with Gasteiger partial charge in [-0.1, -0.05) is 19.8 Å². The van der Waals surface area contributed by atoms with Crippen molar-refractivity contribution in [2.45, 2.75) is 26.2 Å². The first-order valence-corrected chi connectivity index (χ1v) is 4.44. The van der Waals surface area contributed by atoms with E-state index in [1.807, 2.05) is 0 Å². The van der Waals surface area contributed by atoms with Crippen LogP contribution >= 0.6 is 0 Å². The molecule has 0 bridgehead atoms. The van der Waals surface area contributed by atoms with E-state index in [2.05, 4.69) is 16.9 Å². The molecule has 0 saturated carbocycles. The molecule has 0 N–H and O–H groups in total. The maximum absolute atomic E-state index is 12.4. The third-order valence-corrected chi connectivity index (χ3v) is 1.60. The Bertz CT molecular complexity index is 255. The summed E-state index contributed by atoms with van der Waals surface area (Å²) in [7, 11) is 0. The van der Waals surface area contributed by atoms with Crippen molar-refractivity contribution in [2.75, 3.05) is 6.61 Å². The van der Waals surface area contributed by atoms with Crippen LogP contribution in [0, 0.1) is 6.08 Å². The molecule has 0 saturated heterocycles. The Morgan fingerprint density at radius 2 is 2.31 bits per heavy atom. The molecule has 1 rings (SSSR count). The number of hydrogen-bond donors (Lipinski definition) is 0. The minimum Gasteiger partial charge on any atom is -0.478 e. The second-order valence-corrected chi connectivity index (χ2v) is 2.72. The number of halogens is 1. The van der Waals surface area contributed by atoms with Crippen LogP contribution in [0.4, 0.5) is 4.39 Å². The van der Waals surface area contributed by atoms with Crippen molar-refractivity contribution in [1.29, 1.82) is 0 Å². The molecule has 1 aromatic heterocycles. The van der Waals surface area contributed by atoms with E-state index in [0.717, 1.165) is 19.3 Å². The van der Waals surface area contributed by atoms with Gasteiger partial charge in [-0.2, -0.15) is 9.37 Å². The van der Waals surface area contributed by atoms with E-state index in [9.17, 15) is 4.39 Å². The Kier molecular flexibility index (Phi) is 4.15. The van der Waals surface area contributed by atoms with E-state index in [4.69, 9.17) is 4.74 Å². The van der Waals surface area contributed by atoms with Crippen LogP contribution in [0.1, 0.15) is 26.2 Å². The predicted octanol–water partition coefficient (Wildman–Crippen LogP) is 2.18. The van der Waals surface area contributed by atoms with Gasteiger partial charge >= 0.3 is 6.08 Å². The van der Waals surface area contributed by atoms with Gasteiger partial charge in [-0.05, 0) is 6.42 Å². The number of aromatic nitrogens is 2. The Labute approximate surface area is 77.0 Å². The van der Waals surface area contributed by atoms with E-state index in [-0.39, 0.29) is 0 Å². The lowest BCUT2D eigenvalue weighted by molar-refractivity contribution is 0.288. The first-order valence-electron chi connectivity index (χ1n) is 4.44. The van der Waals surface area contributed by atoms with Gasteiger partial charge in [0, 0.05) is 12.3 Å². The zero-order chi connectivity index (χ0) is 9.52. The summed E-state index contributed by atoms with van der Waals surface area (Å²) in [5.41, 5.74) is 0. The number of hydrogen-bond acceptors (Lipinski definition) is 3. The molecule has 0 aliphatic heterocycles. The molecule has 0 fully saturated rings. The number of nitrogens with zero attached hydrogens (tertiary/aromatic N) is 2. The van der Waals surface area contributed by atoms with Crippen LogP contribution in [-0.2, 0) is 0 Å². The van der Waals surface area contributed by atoms with E-state index in [1.54, 1.807) is 6.07 Å². The molecule has 1 heterocycles. The topological polar surface area (TPSA) is 35.0 Å². The van der Waals surface area contributed by atoms with Gasteiger partial charge < -0.3 is 4.74 Å². The molecule has 0 amide bonds. The molecular formula is C9H13FN2O. The molecule has 0 aliphatic rings. The van der Waals surface area contributed by atoms with Crippen LogP contribution in [0.25, 0.3) is 0 Å². The molecule has 0 unspecified atom stereocenters. The first kappa shape index (κ1) is 9.89. The van der Waals surface area contributed by atoms with Crippen molar-refractivity contribution in [3.63, 3.8) is 0 Å². The maximum Gasteiger partial charge on any atom is 0.311 e. The lowest BCUT2D eigenvalue weighted by Gasteiger charge is -2.02. The smallest absolute Gasteiger partial charge is 0.311 e. The monoisotopic (exact) mass is 184 g/mol. The van der Waals surface area contributed by atoms with Crippen molar-refractivity contribution < 1.29 is 9.13 Å². The van der Waals surface area contributed by atoms with Crippen molar-refractivity contribution in [3.8, 4) is 5.88 Å². The lowest BCUT2D eigenvalue weighted by Crippen LogP contribution is -2.00. The summed E-state index contributed by atoms with van der Waals surface area (Å²) in [5, 5.41) is 0. The molecule has 0 radical (unpaired) electrons. The molecule has 4 heteroatoms. The zero-order valence-electron chi connectivity index (χ0n) is 7.66. The summed E-state index contributed by atoms with van der Waals surface area (Å²) < 4.78 is 17.6. The van der Waals surface area contributed by atoms with E-state index in [1.165, 1.54) is 6.20 Å². The van der Waals surface area contributed by atoms with Gasteiger partial charge in [0.2, 0.25) is 5.88 Å². The fraction of sp³-hybridized carbons (Fsp3) is 0.556. The lowest BCUT2D eigenvalue weighted by atomic mass is 10.3. The van der Waals surface area contributed by atoms with Gasteiger partial charge in [-0.15, -0.1) is 0 Å². The highest BCUT2D eigenvalue weighted by atomic mass is 19.1. The van der Waals surface area contributed by atoms with E-state index < -0.39 is 6.08 Å². The first-order chi connectivity index (χ1) is 6.33. The average Bonchev–Trinajstić information content (AvgIpc) is 2.13. The summed E-state index contributed by atoms with van der Waals surface area (Å²) in [6, 6.07) is 1.55. The second kappa shape index (κ2) is 5.45. The van der Waals surface area contributed by atoms with Gasteiger partial charge in [-0.3, -0.25) is 0 Å². The van der Waals surface area contributed by atoms with E-state index >= 15 is 0 Å². The predicted molar refractivity (Wildman–Crippen MR) is 47.0 cm³/mol. The highest BCUT2D eigenvalue weighted by Crippen LogP contribution is 2.05. The van der Waals surface area contributed by atoms with Crippen LogP contribution < -0.4 is 4.74 Å². The molecule has 13 heavy (non-hydrogen) atoms. The highest BCUT2D eigenvalue weighted by Gasteiger charge is 1.97. The Balaban J connectivity index is 2.28. The fourth-order valence-corrected chi connectivity index (χ4v) is 0.929. The van der Waals surface area contributed by atoms with Crippen LogP contribution in [0.2, 0.25) is 0 Å². The fourth-order valence-electron chi connectivity index (χ4n) is 0.929. The standard InChI is InChI=1S/C9H13FN2O/c1-2-3-4-7-13-8-5-6-11-9(10)12-8/h5-6H,2-4,7H2,1H3. The molecular weight excluding hydrogens is 171 g/mol. The van der Waals surface area contributed by atoms with Gasteiger partial charge in [0.15, 0.2) is 0 Å². The molecule has 1 aromatic rings. The highest BCUT2D eigenvalue weighted by molar-refractivity contribution is 5.04. The molecule has 0 aliphatic carbocycles. The van der Waals surface area contributed by atoms with Crippen molar-refractivity contribution in [1.82, 2.24) is 9.97 Å². The number of ether oxygens (including phenoxy) is 1. The van der Waals surface area contributed by atoms with Crippen molar-refractivity contribution in [3.05, 3.63) is 18.3 Å². The average molecular weight is 184 g/mol. The second-order valence-electron chi connectivity index (χ2n) is 2.72. The maximum atomic E-state index is 12.4. The van der Waals surface area contributed by atoms with Gasteiger partial charge in [-0.25, -0.2) is 4.98 Å². The summed E-state index contributed by atoms with van der Waals surface area (Å²) in [6.07, 6.45) is 3.84. The molecule has 0 spiro atoms. The quantitative estimate of drug-likeness (QED) is 0.519. The van der Waals surface area contributed by atoms with Crippen molar-refractivity contribution in [2.24, 2.45) is 0 Å². The Morgan fingerprint density at radius 3 is 3.00 bits per heavy atom. The summed E-state index contributed by atoms with van der Waals surface area (Å²) >= 11 is 0. The molecule has 3 nitrogen and oxygen atoms in total. The Hall–Kier alpha value is -1.19. The third kappa shape index (κ3) is 3.83. The van der Waals surface area contributed by atoms with Crippen LogP contribution in [0.3, 0.4) is 0 Å². The normalized spacial score (nSPS) is 10.0. The van der Waals surface area contributed by atoms with Gasteiger partial charge in [0.1, 0.15) is 0 Å². The van der Waals surface area contributed by atoms with Crippen LogP contribution in [-0.4, -0.2) is 16.6 Å². The number of rotatable bonds is 5. The van der Waals surface area contributed by atoms with E-state index in [0.29, 0.717) is 12.5 Å². The van der Waals surface area contributed by atoms with Gasteiger partial charge in [0.05, 0.1) is 6.61 Å². The summed E-state index contributed by atoms with van der Waals surface area (Å²) in [4.78, 5) is 6.80. The summed E-state index contributed by atoms with van der Waals surface area (Å²) in [5.74, 6) is 0.309. The third-order valence-electron chi connectivity index (χ3n) is 1.60. The Morgan fingerprint density at radius 1 is 1.46 bits per heavy atom. The van der Waals surface area contributed by atoms with Crippen LogP contribution in [0.15, 0.2) is 12.3 Å². The largest absolute Gasteiger partial charge is 0.478 e. The van der Waals surface area contributed by atoms with Gasteiger partial charge in [0.25, 0.3) is 0 Å². The minimum atomic E-state index is -0.743. The molecule has 0 atom stereocenters. The van der Waals surface area contributed by atoms with Crippen molar-refractivity contribution >= 4 is 0 Å². The molecule has 72 valence electrons. The molecule has 0 aromatic carbocycles. The number of unbranched alkanes of at least 4 members (excludes halogenated alkanes) is 2. The van der Waals surface area contributed by atoms with Crippen LogP contribution in [0.5, 0.6) is 5.88 Å².